The van der Waals surface area contributed by atoms with Crippen molar-refractivity contribution in [3.8, 4) is 5.75 Å². The molecule has 3 unspecified atom stereocenters. The highest BCUT2D eigenvalue weighted by Gasteiger charge is 2.39. The molecule has 0 radical (unpaired) electrons. The number of nitrogens with zero attached hydrogens (tertiary/aromatic N) is 1. The van der Waals surface area contributed by atoms with Crippen LogP contribution >= 0.6 is 0 Å². The number of para-hydroxylation sites is 2. The summed E-state index contributed by atoms with van der Waals surface area (Å²) in [5.41, 5.74) is 7.00. The number of hydrogen-bond donors (Lipinski definition) is 4. The van der Waals surface area contributed by atoms with Crippen LogP contribution in [0.2, 0.25) is 0 Å². The van der Waals surface area contributed by atoms with Gasteiger partial charge in [0.1, 0.15) is 23.4 Å². The predicted molar refractivity (Wildman–Crippen MR) is 154 cm³/mol. The van der Waals surface area contributed by atoms with Crippen molar-refractivity contribution >= 4 is 29.5 Å². The number of nitrogens with two attached hydrogens (primary N) is 1. The molecule has 0 aromatic heterocycles. The van der Waals surface area contributed by atoms with Gasteiger partial charge in [-0.15, -0.1) is 0 Å². The van der Waals surface area contributed by atoms with Crippen LogP contribution in [0.15, 0.2) is 42.5 Å². The van der Waals surface area contributed by atoms with E-state index in [1.807, 2.05) is 39.0 Å². The number of aromatic hydroxyl groups is 1. The highest BCUT2D eigenvalue weighted by molar-refractivity contribution is 6.00. The number of carbonyl (C=O) groups is 4. The third-order valence-corrected chi connectivity index (χ3v) is 6.48. The molecule has 0 spiro atoms. The van der Waals surface area contributed by atoms with Crippen molar-refractivity contribution in [2.24, 2.45) is 5.73 Å². The van der Waals surface area contributed by atoms with E-state index in [0.717, 1.165) is 11.1 Å². The summed E-state index contributed by atoms with van der Waals surface area (Å²) in [6, 6.07) is 8.91. The number of benzene rings is 2. The van der Waals surface area contributed by atoms with Crippen LogP contribution in [-0.2, 0) is 19.1 Å². The molecule has 2 aromatic carbocycles. The van der Waals surface area contributed by atoms with E-state index in [0.29, 0.717) is 12.1 Å². The van der Waals surface area contributed by atoms with Crippen LogP contribution in [0.25, 0.3) is 0 Å². The van der Waals surface area contributed by atoms with Gasteiger partial charge in [0.2, 0.25) is 11.8 Å². The minimum absolute atomic E-state index is 0.105. The molecule has 0 aliphatic carbocycles. The van der Waals surface area contributed by atoms with E-state index in [1.54, 1.807) is 45.9 Å². The Morgan fingerprint density at radius 1 is 1.02 bits per heavy atom. The highest BCUT2D eigenvalue weighted by Crippen LogP contribution is 2.33. The maximum atomic E-state index is 14.2. The molecule has 40 heavy (non-hydrogen) atoms. The van der Waals surface area contributed by atoms with Crippen LogP contribution in [-0.4, -0.2) is 51.5 Å². The lowest BCUT2D eigenvalue weighted by Crippen LogP contribution is -2.55. The van der Waals surface area contributed by atoms with E-state index in [2.05, 4.69) is 10.6 Å². The van der Waals surface area contributed by atoms with Crippen LogP contribution < -0.4 is 16.4 Å². The van der Waals surface area contributed by atoms with Gasteiger partial charge in [0.15, 0.2) is 0 Å². The number of aryl methyl sites for hydroxylation is 2. The second-order valence-corrected chi connectivity index (χ2v) is 10.9. The summed E-state index contributed by atoms with van der Waals surface area (Å²) in [4.78, 5) is 53.9. The van der Waals surface area contributed by atoms with Crippen molar-refractivity contribution in [1.29, 1.82) is 0 Å². The summed E-state index contributed by atoms with van der Waals surface area (Å²) < 4.78 is 5.35. The van der Waals surface area contributed by atoms with E-state index < -0.39 is 47.5 Å². The van der Waals surface area contributed by atoms with Crippen LogP contribution in [0.3, 0.4) is 0 Å². The number of alkyl carbamates (subject to hydrolysis) is 1. The molecular weight excluding hydrogens is 512 g/mol. The molecule has 0 saturated heterocycles. The zero-order valence-corrected chi connectivity index (χ0v) is 24.4. The minimum atomic E-state index is -1.26. The fourth-order valence-electron chi connectivity index (χ4n) is 4.31. The van der Waals surface area contributed by atoms with E-state index in [4.69, 9.17) is 10.5 Å². The van der Waals surface area contributed by atoms with E-state index in [9.17, 15) is 24.3 Å². The van der Waals surface area contributed by atoms with Gasteiger partial charge in [0.05, 0.1) is 0 Å². The van der Waals surface area contributed by atoms with Gasteiger partial charge in [-0.1, -0.05) is 43.3 Å². The number of anilines is 1. The van der Waals surface area contributed by atoms with Gasteiger partial charge in [0, 0.05) is 23.7 Å². The molecule has 0 heterocycles. The van der Waals surface area contributed by atoms with E-state index in [1.165, 1.54) is 11.0 Å². The Balaban J connectivity index is 2.63. The smallest absolute Gasteiger partial charge is 0.408 e. The number of phenols is 1. The largest absolute Gasteiger partial charge is 0.508 e. The fraction of sp³-hybridized carbons (Fsp3) is 0.467. The quantitative estimate of drug-likeness (QED) is 0.322. The van der Waals surface area contributed by atoms with E-state index >= 15 is 0 Å². The standard InChI is InChI=1S/C30H42N4O6/c1-8-20(4)34(28(38)22(16-17-24(31)36)32-29(39)40-30(5,6)7)26(21-14-9-10-15-23(21)35)27(37)33-25-18(2)12-11-13-19(25)3/h9-15,20,22,26,35H,8,16-17H2,1-7H3,(H2,31,36)(H,32,39)(H,33,37). The summed E-state index contributed by atoms with van der Waals surface area (Å²) in [6.07, 6.45) is -0.678. The van der Waals surface area contributed by atoms with Gasteiger partial charge in [-0.2, -0.15) is 0 Å². The summed E-state index contributed by atoms with van der Waals surface area (Å²) >= 11 is 0. The number of ether oxygens (including phenoxy) is 1. The molecule has 0 aliphatic heterocycles. The first-order valence-electron chi connectivity index (χ1n) is 13.4. The Labute approximate surface area is 236 Å². The molecule has 0 saturated carbocycles. The van der Waals surface area contributed by atoms with Crippen molar-refractivity contribution in [3.05, 3.63) is 59.2 Å². The molecule has 4 amide bonds. The summed E-state index contributed by atoms with van der Waals surface area (Å²) in [5.74, 6) is -1.98. The molecule has 10 nitrogen and oxygen atoms in total. The summed E-state index contributed by atoms with van der Waals surface area (Å²) in [5, 5.41) is 16.3. The third-order valence-electron chi connectivity index (χ3n) is 6.48. The lowest BCUT2D eigenvalue weighted by Gasteiger charge is -2.38. The van der Waals surface area contributed by atoms with Gasteiger partial charge in [-0.05, 0) is 71.6 Å². The van der Waals surface area contributed by atoms with Gasteiger partial charge < -0.3 is 31.1 Å². The van der Waals surface area contributed by atoms with Crippen molar-refractivity contribution in [1.82, 2.24) is 10.2 Å². The van der Waals surface area contributed by atoms with Crippen LogP contribution in [0.1, 0.15) is 76.6 Å². The lowest BCUT2D eigenvalue weighted by atomic mass is 9.97. The molecule has 0 aliphatic rings. The first kappa shape index (κ1) is 32.1. The average molecular weight is 555 g/mol. The SMILES string of the molecule is CCC(C)N(C(=O)C(CCC(N)=O)NC(=O)OC(C)(C)C)C(C(=O)Nc1c(C)cccc1C)c1ccccc1O. The second-order valence-electron chi connectivity index (χ2n) is 10.9. The molecule has 218 valence electrons. The number of phenolic OH excluding ortho intramolecular Hbond substituents is 1. The molecule has 3 atom stereocenters. The number of amides is 4. The fourth-order valence-corrected chi connectivity index (χ4v) is 4.31. The van der Waals surface area contributed by atoms with E-state index in [-0.39, 0.29) is 24.2 Å². The van der Waals surface area contributed by atoms with Crippen molar-refractivity contribution < 1.29 is 29.0 Å². The molecule has 10 heteroatoms. The van der Waals surface area contributed by atoms with Crippen LogP contribution in [0, 0.1) is 13.8 Å². The number of carbonyl (C=O) groups excluding carboxylic acids is 4. The molecule has 0 fully saturated rings. The van der Waals surface area contributed by atoms with Gasteiger partial charge >= 0.3 is 6.09 Å². The zero-order chi connectivity index (χ0) is 30.2. The lowest BCUT2D eigenvalue weighted by molar-refractivity contribution is -0.143. The Hall–Kier alpha value is -4.08. The number of hydrogen-bond acceptors (Lipinski definition) is 6. The van der Waals surface area contributed by atoms with Crippen molar-refractivity contribution in [2.75, 3.05) is 5.32 Å². The maximum Gasteiger partial charge on any atom is 0.408 e. The minimum Gasteiger partial charge on any atom is -0.508 e. The summed E-state index contributed by atoms with van der Waals surface area (Å²) in [7, 11) is 0. The molecular formula is C30H42N4O6. The Morgan fingerprint density at radius 2 is 1.62 bits per heavy atom. The van der Waals surface area contributed by atoms with Gasteiger partial charge in [-0.25, -0.2) is 4.79 Å². The first-order valence-corrected chi connectivity index (χ1v) is 13.4. The Kier molecular flexibility index (Phi) is 11.1. The van der Waals surface area contributed by atoms with Gasteiger partial charge in [0.25, 0.3) is 5.91 Å². The predicted octanol–water partition coefficient (Wildman–Crippen LogP) is 4.47. The Bertz CT molecular complexity index is 1200. The molecule has 0 bridgehead atoms. The van der Waals surface area contributed by atoms with Crippen molar-refractivity contribution in [2.45, 2.75) is 91.5 Å². The molecule has 2 rings (SSSR count). The first-order chi connectivity index (χ1) is 18.7. The normalized spacial score (nSPS) is 13.5. The summed E-state index contributed by atoms with van der Waals surface area (Å²) in [6.45, 7) is 12.4. The van der Waals surface area contributed by atoms with Crippen LogP contribution in [0.4, 0.5) is 10.5 Å². The number of primary amides is 1. The average Bonchev–Trinajstić information content (AvgIpc) is 2.85. The topological polar surface area (TPSA) is 151 Å². The number of nitrogens with one attached hydrogen (secondary N) is 2. The second kappa shape index (κ2) is 13.8. The maximum absolute atomic E-state index is 14.2. The van der Waals surface area contributed by atoms with Crippen LogP contribution in [0.5, 0.6) is 5.75 Å². The monoisotopic (exact) mass is 554 g/mol. The highest BCUT2D eigenvalue weighted by atomic mass is 16.6. The van der Waals surface area contributed by atoms with Crippen molar-refractivity contribution in [3.63, 3.8) is 0 Å². The number of rotatable bonds is 11. The third kappa shape index (κ3) is 8.72. The van der Waals surface area contributed by atoms with Gasteiger partial charge in [-0.3, -0.25) is 14.4 Å². The molecule has 5 N–H and O–H groups in total. The molecule has 2 aromatic rings. The zero-order valence-electron chi connectivity index (χ0n) is 24.4. The Morgan fingerprint density at radius 3 is 2.15 bits per heavy atom.